The van der Waals surface area contributed by atoms with Gasteiger partial charge in [0.1, 0.15) is 0 Å². The molecule has 0 N–H and O–H groups in total. The van der Waals surface area contributed by atoms with Crippen molar-refractivity contribution in [3.63, 3.8) is 0 Å². The highest BCUT2D eigenvalue weighted by molar-refractivity contribution is 5.52. The van der Waals surface area contributed by atoms with E-state index in [1.807, 2.05) is 0 Å². The van der Waals surface area contributed by atoms with Crippen LogP contribution in [0, 0.1) is 18.8 Å². The lowest BCUT2D eigenvalue weighted by molar-refractivity contribution is 0.304. The highest BCUT2D eigenvalue weighted by atomic mass is 15.1. The molecule has 0 aliphatic heterocycles. The number of anilines is 1. The van der Waals surface area contributed by atoms with E-state index >= 15 is 0 Å². The Morgan fingerprint density at radius 3 is 2.48 bits per heavy atom. The van der Waals surface area contributed by atoms with Gasteiger partial charge in [-0.3, -0.25) is 0 Å². The molecule has 1 saturated carbocycles. The van der Waals surface area contributed by atoms with Crippen LogP contribution >= 0.6 is 0 Å². The van der Waals surface area contributed by atoms with Gasteiger partial charge in [-0.2, -0.15) is 0 Å². The number of benzene rings is 1. The Kier molecular flexibility index (Phi) is 5.90. The van der Waals surface area contributed by atoms with Gasteiger partial charge in [-0.05, 0) is 69.4 Å². The van der Waals surface area contributed by atoms with Gasteiger partial charge in [-0.1, -0.05) is 36.8 Å². The van der Waals surface area contributed by atoms with Gasteiger partial charge in [0, 0.05) is 19.3 Å². The quantitative estimate of drug-likeness (QED) is 0.637. The van der Waals surface area contributed by atoms with E-state index in [1.54, 1.807) is 5.57 Å². The molecular formula is C20H31N. The summed E-state index contributed by atoms with van der Waals surface area (Å²) >= 11 is 0. The Bertz CT molecular complexity index is 466. The van der Waals surface area contributed by atoms with E-state index in [2.05, 4.69) is 63.1 Å². The predicted molar refractivity (Wildman–Crippen MR) is 93.9 cm³/mol. The maximum Gasteiger partial charge on any atom is 0.0393 e. The Morgan fingerprint density at radius 1 is 1.19 bits per heavy atom. The van der Waals surface area contributed by atoms with E-state index in [0.29, 0.717) is 0 Å². The second kappa shape index (κ2) is 7.68. The number of allylic oxidation sites excluding steroid dienone is 2. The molecule has 21 heavy (non-hydrogen) atoms. The molecule has 0 aromatic heterocycles. The van der Waals surface area contributed by atoms with Crippen LogP contribution in [0.3, 0.4) is 0 Å². The van der Waals surface area contributed by atoms with E-state index in [1.165, 1.54) is 49.9 Å². The lowest BCUT2D eigenvalue weighted by atomic mass is 9.78. The number of aryl methyl sites for hydroxylation is 1. The highest BCUT2D eigenvalue weighted by Gasteiger charge is 2.23. The van der Waals surface area contributed by atoms with Gasteiger partial charge in [-0.15, -0.1) is 0 Å². The maximum atomic E-state index is 2.45. The summed E-state index contributed by atoms with van der Waals surface area (Å²) in [6.45, 7) is 7.98. The molecule has 0 spiro atoms. The highest BCUT2D eigenvalue weighted by Crippen LogP contribution is 2.34. The fraction of sp³-hybridized carbons (Fsp3) is 0.600. The topological polar surface area (TPSA) is 3.24 Å². The number of para-hydroxylation sites is 1. The second-order valence-electron chi connectivity index (χ2n) is 6.74. The van der Waals surface area contributed by atoms with Crippen LogP contribution in [0.4, 0.5) is 5.69 Å². The van der Waals surface area contributed by atoms with Crippen molar-refractivity contribution < 1.29 is 0 Å². The van der Waals surface area contributed by atoms with Crippen molar-refractivity contribution in [3.8, 4) is 0 Å². The van der Waals surface area contributed by atoms with Crippen LogP contribution in [0.15, 0.2) is 35.9 Å². The minimum Gasteiger partial charge on any atom is -0.374 e. The molecule has 0 atom stereocenters. The van der Waals surface area contributed by atoms with Gasteiger partial charge < -0.3 is 4.90 Å². The minimum absolute atomic E-state index is 0.852. The first-order valence-electron chi connectivity index (χ1n) is 8.55. The Labute approximate surface area is 131 Å². The van der Waals surface area contributed by atoms with Gasteiger partial charge in [0.05, 0.1) is 0 Å². The molecule has 1 aliphatic carbocycles. The molecule has 1 nitrogen and oxygen atoms in total. The third-order valence-corrected chi connectivity index (χ3v) is 5.08. The molecule has 1 aromatic carbocycles. The van der Waals surface area contributed by atoms with Crippen LogP contribution in [0.2, 0.25) is 0 Å². The van der Waals surface area contributed by atoms with Crippen molar-refractivity contribution in [2.24, 2.45) is 11.8 Å². The molecule has 2 rings (SSSR count). The van der Waals surface area contributed by atoms with Crippen molar-refractivity contribution in [2.75, 3.05) is 18.5 Å². The van der Waals surface area contributed by atoms with E-state index in [-0.39, 0.29) is 0 Å². The van der Waals surface area contributed by atoms with Crippen LogP contribution in [0.5, 0.6) is 0 Å². The molecule has 0 unspecified atom stereocenters. The van der Waals surface area contributed by atoms with Crippen LogP contribution in [-0.2, 0) is 0 Å². The van der Waals surface area contributed by atoms with Crippen molar-refractivity contribution in [1.82, 2.24) is 0 Å². The lowest BCUT2D eigenvalue weighted by Crippen LogP contribution is -2.29. The van der Waals surface area contributed by atoms with Gasteiger partial charge >= 0.3 is 0 Å². The number of hydrogen-bond acceptors (Lipinski definition) is 1. The van der Waals surface area contributed by atoms with Crippen molar-refractivity contribution in [2.45, 2.75) is 52.9 Å². The third-order valence-electron chi connectivity index (χ3n) is 5.08. The summed E-state index contributed by atoms with van der Waals surface area (Å²) < 4.78 is 0. The molecule has 0 heterocycles. The molecular weight excluding hydrogens is 254 g/mol. The number of hydrogen-bond donors (Lipinski definition) is 0. The summed E-state index contributed by atoms with van der Waals surface area (Å²) in [5.74, 6) is 1.71. The third kappa shape index (κ3) is 4.36. The molecule has 1 aliphatic rings. The normalized spacial score (nSPS) is 23.1. The SMILES string of the molecule is CCC=C(C)C1CCC(CN(C)c2ccccc2C)CC1. The van der Waals surface area contributed by atoms with E-state index in [0.717, 1.165) is 11.8 Å². The largest absolute Gasteiger partial charge is 0.374 e. The lowest BCUT2D eigenvalue weighted by Gasteiger charge is -2.33. The molecule has 1 fully saturated rings. The molecule has 1 heteroatoms. The summed E-state index contributed by atoms with van der Waals surface area (Å²) in [5, 5.41) is 0. The van der Waals surface area contributed by atoms with Crippen LogP contribution in [-0.4, -0.2) is 13.6 Å². The van der Waals surface area contributed by atoms with Gasteiger partial charge in [-0.25, -0.2) is 0 Å². The predicted octanol–water partition coefficient (Wildman–Crippen LogP) is 5.59. The summed E-state index contributed by atoms with van der Waals surface area (Å²) in [4.78, 5) is 2.45. The second-order valence-corrected chi connectivity index (χ2v) is 6.74. The van der Waals surface area contributed by atoms with E-state index < -0.39 is 0 Å². The zero-order valence-electron chi connectivity index (χ0n) is 14.2. The fourth-order valence-electron chi connectivity index (χ4n) is 3.77. The van der Waals surface area contributed by atoms with Gasteiger partial charge in [0.25, 0.3) is 0 Å². The molecule has 116 valence electrons. The molecule has 0 amide bonds. The first-order valence-corrected chi connectivity index (χ1v) is 8.55. The zero-order valence-corrected chi connectivity index (χ0v) is 14.2. The average Bonchev–Trinajstić information content (AvgIpc) is 2.48. The fourth-order valence-corrected chi connectivity index (χ4v) is 3.77. The standard InChI is InChI=1S/C20H31N/c1-5-8-16(2)19-13-11-18(12-14-19)15-21(4)20-10-7-6-9-17(20)3/h6-10,18-19H,5,11-15H2,1-4H3. The maximum absolute atomic E-state index is 2.45. The summed E-state index contributed by atoms with van der Waals surface area (Å²) in [7, 11) is 2.25. The average molecular weight is 285 g/mol. The van der Waals surface area contributed by atoms with Crippen molar-refractivity contribution in [1.29, 1.82) is 0 Å². The van der Waals surface area contributed by atoms with Crippen LogP contribution in [0.1, 0.15) is 51.5 Å². The zero-order chi connectivity index (χ0) is 15.2. The van der Waals surface area contributed by atoms with Gasteiger partial charge in [0.15, 0.2) is 0 Å². The summed E-state index contributed by atoms with van der Waals surface area (Å²) in [5.41, 5.74) is 4.40. The molecule has 0 bridgehead atoms. The number of rotatable bonds is 5. The Hall–Kier alpha value is -1.24. The first-order chi connectivity index (χ1) is 10.1. The molecule has 0 saturated heterocycles. The summed E-state index contributed by atoms with van der Waals surface area (Å²) in [6.07, 6.45) is 9.14. The molecule has 1 aromatic rings. The molecule has 0 radical (unpaired) electrons. The minimum atomic E-state index is 0.852. The van der Waals surface area contributed by atoms with Crippen molar-refractivity contribution in [3.05, 3.63) is 41.5 Å². The van der Waals surface area contributed by atoms with Crippen molar-refractivity contribution >= 4 is 5.69 Å². The van der Waals surface area contributed by atoms with Crippen LogP contribution < -0.4 is 4.90 Å². The monoisotopic (exact) mass is 285 g/mol. The Balaban J connectivity index is 1.86. The smallest absolute Gasteiger partial charge is 0.0393 e. The van der Waals surface area contributed by atoms with Crippen LogP contribution in [0.25, 0.3) is 0 Å². The first kappa shape index (κ1) is 16.1. The Morgan fingerprint density at radius 2 is 1.86 bits per heavy atom. The van der Waals surface area contributed by atoms with E-state index in [4.69, 9.17) is 0 Å². The number of nitrogens with zero attached hydrogens (tertiary/aromatic N) is 1. The summed E-state index contributed by atoms with van der Waals surface area (Å²) in [6, 6.07) is 8.73. The van der Waals surface area contributed by atoms with E-state index in [9.17, 15) is 0 Å². The van der Waals surface area contributed by atoms with Gasteiger partial charge in [0.2, 0.25) is 0 Å².